The van der Waals surface area contributed by atoms with Crippen LogP contribution in [0.3, 0.4) is 0 Å². The molecule has 0 saturated carbocycles. The maximum Gasteiger partial charge on any atom is 0.0442 e. The summed E-state index contributed by atoms with van der Waals surface area (Å²) in [7, 11) is 2.63. The van der Waals surface area contributed by atoms with E-state index in [4.69, 9.17) is 0 Å². The van der Waals surface area contributed by atoms with Gasteiger partial charge in [-0.3, -0.25) is 4.98 Å². The van der Waals surface area contributed by atoms with Gasteiger partial charge in [0, 0.05) is 22.5 Å². The molecule has 0 saturated heterocycles. The lowest BCUT2D eigenvalue weighted by Crippen LogP contribution is -1.80. The predicted octanol–water partition coefficient (Wildman–Crippen LogP) is 2.22. The minimum Gasteiger partial charge on any atom is -0.260 e. The van der Waals surface area contributed by atoms with Crippen LogP contribution in [0.4, 0.5) is 0 Å². The molecule has 0 fully saturated rings. The molecule has 0 aliphatic carbocycles. The molecule has 0 bridgehead atoms. The van der Waals surface area contributed by atoms with E-state index in [2.05, 4.69) is 30.2 Å². The van der Waals surface area contributed by atoms with Crippen LogP contribution in [-0.2, 0) is 6.16 Å². The van der Waals surface area contributed by atoms with Crippen molar-refractivity contribution >= 4 is 25.2 Å². The SMILES string of the molecule is PCc1ccc(Br)cn1. The fourth-order valence-corrected chi connectivity index (χ4v) is 1.00. The lowest BCUT2D eigenvalue weighted by atomic mass is 10.4. The van der Waals surface area contributed by atoms with Crippen LogP contribution >= 0.6 is 25.2 Å². The van der Waals surface area contributed by atoms with Crippen LogP contribution in [0.2, 0.25) is 0 Å². The summed E-state index contributed by atoms with van der Waals surface area (Å²) in [5.41, 5.74) is 1.10. The first-order chi connectivity index (χ1) is 4.33. The number of aromatic nitrogens is 1. The van der Waals surface area contributed by atoms with Crippen LogP contribution in [0.15, 0.2) is 22.8 Å². The van der Waals surface area contributed by atoms with E-state index in [0.717, 1.165) is 16.3 Å². The van der Waals surface area contributed by atoms with Gasteiger partial charge in [0.05, 0.1) is 0 Å². The van der Waals surface area contributed by atoms with E-state index in [-0.39, 0.29) is 0 Å². The van der Waals surface area contributed by atoms with Gasteiger partial charge in [0.15, 0.2) is 0 Å². The molecule has 0 amide bonds. The van der Waals surface area contributed by atoms with Gasteiger partial charge in [0.25, 0.3) is 0 Å². The standard InChI is InChI=1S/C6H7BrNP/c7-5-1-2-6(4-9)8-3-5/h1-3H,4,9H2. The Morgan fingerprint density at radius 3 is 2.78 bits per heavy atom. The van der Waals surface area contributed by atoms with Gasteiger partial charge in [-0.25, -0.2) is 0 Å². The van der Waals surface area contributed by atoms with E-state index in [1.807, 2.05) is 12.1 Å². The molecular weight excluding hydrogens is 197 g/mol. The van der Waals surface area contributed by atoms with Gasteiger partial charge in [-0.15, -0.1) is 9.24 Å². The molecule has 1 aromatic rings. The van der Waals surface area contributed by atoms with Gasteiger partial charge < -0.3 is 0 Å². The third kappa shape index (κ3) is 2.04. The van der Waals surface area contributed by atoms with E-state index in [0.29, 0.717) is 0 Å². The third-order valence-electron chi connectivity index (χ3n) is 0.998. The van der Waals surface area contributed by atoms with Crippen molar-refractivity contribution in [1.29, 1.82) is 0 Å². The van der Waals surface area contributed by atoms with Crippen molar-refractivity contribution < 1.29 is 0 Å². The first kappa shape index (κ1) is 7.17. The number of halogens is 1. The average molecular weight is 204 g/mol. The molecule has 0 spiro atoms. The molecule has 1 rings (SSSR count). The Balaban J connectivity index is 2.88. The van der Waals surface area contributed by atoms with Gasteiger partial charge in [0.2, 0.25) is 0 Å². The number of hydrogen-bond acceptors (Lipinski definition) is 1. The average Bonchev–Trinajstić information content (AvgIpc) is 1.90. The smallest absolute Gasteiger partial charge is 0.0442 e. The lowest BCUT2D eigenvalue weighted by molar-refractivity contribution is 1.17. The minimum atomic E-state index is 0.924. The van der Waals surface area contributed by atoms with Crippen molar-refractivity contribution in [3.8, 4) is 0 Å². The molecular formula is C6H7BrNP. The molecule has 9 heavy (non-hydrogen) atoms. The topological polar surface area (TPSA) is 12.9 Å². The number of pyridine rings is 1. The second kappa shape index (κ2) is 3.28. The van der Waals surface area contributed by atoms with Crippen molar-refractivity contribution in [3.63, 3.8) is 0 Å². The normalized spacial score (nSPS) is 9.56. The molecule has 0 N–H and O–H groups in total. The Morgan fingerprint density at radius 2 is 2.33 bits per heavy atom. The van der Waals surface area contributed by atoms with Crippen molar-refractivity contribution in [1.82, 2.24) is 4.98 Å². The molecule has 1 nitrogen and oxygen atoms in total. The zero-order chi connectivity index (χ0) is 6.69. The van der Waals surface area contributed by atoms with Gasteiger partial charge in [-0.05, 0) is 28.1 Å². The predicted molar refractivity (Wildman–Crippen MR) is 45.4 cm³/mol. The Kier molecular flexibility index (Phi) is 2.62. The van der Waals surface area contributed by atoms with E-state index < -0.39 is 0 Å². The van der Waals surface area contributed by atoms with E-state index in [1.54, 1.807) is 6.20 Å². The summed E-state index contributed by atoms with van der Waals surface area (Å²) in [5.74, 6) is 0. The molecule has 1 aromatic heterocycles. The zero-order valence-electron chi connectivity index (χ0n) is 4.84. The summed E-state index contributed by atoms with van der Waals surface area (Å²) in [6, 6.07) is 3.99. The van der Waals surface area contributed by atoms with Crippen LogP contribution < -0.4 is 0 Å². The molecule has 0 aliphatic rings. The summed E-state index contributed by atoms with van der Waals surface area (Å²) in [6.45, 7) is 0. The van der Waals surface area contributed by atoms with Gasteiger partial charge in [-0.2, -0.15) is 0 Å². The molecule has 1 atom stereocenters. The van der Waals surface area contributed by atoms with Crippen LogP contribution in [0, 0.1) is 0 Å². The van der Waals surface area contributed by atoms with Crippen LogP contribution in [0.5, 0.6) is 0 Å². The molecule has 0 radical (unpaired) electrons. The highest BCUT2D eigenvalue weighted by Gasteiger charge is 1.87. The zero-order valence-corrected chi connectivity index (χ0v) is 7.58. The molecule has 0 aromatic carbocycles. The second-order valence-electron chi connectivity index (χ2n) is 1.67. The molecule has 48 valence electrons. The highest BCUT2D eigenvalue weighted by molar-refractivity contribution is 9.10. The molecule has 0 aliphatic heterocycles. The van der Waals surface area contributed by atoms with Gasteiger partial charge in [0.1, 0.15) is 0 Å². The van der Waals surface area contributed by atoms with Gasteiger partial charge in [-0.1, -0.05) is 0 Å². The monoisotopic (exact) mass is 203 g/mol. The fourth-order valence-electron chi connectivity index (χ4n) is 0.527. The Bertz CT molecular complexity index is 185. The van der Waals surface area contributed by atoms with Crippen molar-refractivity contribution in [2.24, 2.45) is 0 Å². The Morgan fingerprint density at radius 1 is 1.56 bits per heavy atom. The van der Waals surface area contributed by atoms with Crippen LogP contribution in [-0.4, -0.2) is 4.98 Å². The maximum absolute atomic E-state index is 4.13. The molecule has 3 heteroatoms. The number of hydrogen-bond donors (Lipinski definition) is 0. The first-order valence-electron chi connectivity index (χ1n) is 2.63. The summed E-state index contributed by atoms with van der Waals surface area (Å²) >= 11 is 3.31. The van der Waals surface area contributed by atoms with Gasteiger partial charge >= 0.3 is 0 Å². The van der Waals surface area contributed by atoms with E-state index in [9.17, 15) is 0 Å². The largest absolute Gasteiger partial charge is 0.260 e. The highest BCUT2D eigenvalue weighted by Crippen LogP contribution is 2.08. The Hall–Kier alpha value is 0.0600. The van der Waals surface area contributed by atoms with Crippen LogP contribution in [0.25, 0.3) is 0 Å². The first-order valence-corrected chi connectivity index (χ1v) is 4.24. The minimum absolute atomic E-state index is 0.924. The van der Waals surface area contributed by atoms with E-state index >= 15 is 0 Å². The maximum atomic E-state index is 4.13. The number of nitrogens with zero attached hydrogens (tertiary/aromatic N) is 1. The highest BCUT2D eigenvalue weighted by atomic mass is 79.9. The summed E-state index contributed by atoms with van der Waals surface area (Å²) in [5, 5.41) is 0. The molecule has 1 unspecified atom stereocenters. The third-order valence-corrected chi connectivity index (χ3v) is 1.89. The quantitative estimate of drug-likeness (QED) is 0.639. The molecule has 1 heterocycles. The van der Waals surface area contributed by atoms with Crippen molar-refractivity contribution in [2.75, 3.05) is 0 Å². The summed E-state index contributed by atoms with van der Waals surface area (Å²) in [4.78, 5) is 4.13. The lowest BCUT2D eigenvalue weighted by Gasteiger charge is -1.92. The van der Waals surface area contributed by atoms with Crippen molar-refractivity contribution in [2.45, 2.75) is 6.16 Å². The second-order valence-corrected chi connectivity index (χ2v) is 3.00. The number of rotatable bonds is 1. The van der Waals surface area contributed by atoms with Crippen molar-refractivity contribution in [3.05, 3.63) is 28.5 Å². The fraction of sp³-hybridized carbons (Fsp3) is 0.167. The summed E-state index contributed by atoms with van der Waals surface area (Å²) < 4.78 is 1.03. The van der Waals surface area contributed by atoms with E-state index in [1.165, 1.54) is 0 Å². The summed E-state index contributed by atoms with van der Waals surface area (Å²) in [6.07, 6.45) is 2.73. The van der Waals surface area contributed by atoms with Crippen LogP contribution in [0.1, 0.15) is 5.69 Å². The Labute approximate surface area is 65.2 Å².